The molecule has 0 rings (SSSR count). The van der Waals surface area contributed by atoms with Gasteiger partial charge in [-0.2, -0.15) is 11.8 Å². The molecule has 0 aliphatic heterocycles. The van der Waals surface area contributed by atoms with E-state index in [1.807, 2.05) is 6.26 Å². The summed E-state index contributed by atoms with van der Waals surface area (Å²) in [7, 11) is 0. The van der Waals surface area contributed by atoms with Gasteiger partial charge in [0, 0.05) is 19.0 Å². The highest BCUT2D eigenvalue weighted by molar-refractivity contribution is 7.98. The number of aliphatic hydroxyl groups excluding tert-OH is 1. The first-order valence-corrected chi connectivity index (χ1v) is 7.93. The Morgan fingerprint density at radius 1 is 1.29 bits per heavy atom. The van der Waals surface area contributed by atoms with Crippen molar-refractivity contribution < 1.29 is 24.6 Å². The summed E-state index contributed by atoms with van der Waals surface area (Å²) >= 11 is 1.61. The van der Waals surface area contributed by atoms with Crippen molar-refractivity contribution in [1.29, 1.82) is 0 Å². The Kier molecular flexibility index (Phi) is 10.6. The maximum absolute atomic E-state index is 11.6. The first kappa shape index (κ1) is 19.7. The normalized spacial score (nSPS) is 13.4. The van der Waals surface area contributed by atoms with Crippen molar-refractivity contribution in [2.24, 2.45) is 5.73 Å². The zero-order valence-corrected chi connectivity index (χ0v) is 12.8. The number of hydrogen-bond acceptors (Lipinski definition) is 6. The Morgan fingerprint density at radius 2 is 1.95 bits per heavy atom. The fourth-order valence-electron chi connectivity index (χ4n) is 1.55. The van der Waals surface area contributed by atoms with E-state index < -0.39 is 24.5 Å². The summed E-state index contributed by atoms with van der Waals surface area (Å²) in [6.07, 6.45) is 2.26. The summed E-state index contributed by atoms with van der Waals surface area (Å²) in [5.41, 5.74) is 5.10. The van der Waals surface area contributed by atoms with Gasteiger partial charge in [-0.1, -0.05) is 0 Å². The van der Waals surface area contributed by atoms with Crippen molar-refractivity contribution >= 4 is 29.5 Å². The largest absolute Gasteiger partial charge is 0.481 e. The number of carboxylic acid groups (broad SMARTS) is 1. The maximum atomic E-state index is 11.6. The van der Waals surface area contributed by atoms with Crippen molar-refractivity contribution in [1.82, 2.24) is 10.6 Å². The van der Waals surface area contributed by atoms with Crippen LogP contribution >= 0.6 is 11.8 Å². The second-order valence-electron chi connectivity index (χ2n) is 4.49. The molecule has 0 unspecified atom stereocenters. The average Bonchev–Trinajstić information content (AvgIpc) is 2.42. The van der Waals surface area contributed by atoms with Gasteiger partial charge in [0.25, 0.3) is 0 Å². The zero-order valence-electron chi connectivity index (χ0n) is 12.0. The molecule has 0 aromatic heterocycles. The third kappa shape index (κ3) is 10.1. The lowest BCUT2D eigenvalue weighted by Crippen LogP contribution is -2.50. The second-order valence-corrected chi connectivity index (χ2v) is 5.47. The number of rotatable bonds is 12. The van der Waals surface area contributed by atoms with Crippen LogP contribution in [0, 0.1) is 0 Å². The first-order valence-electron chi connectivity index (χ1n) is 6.54. The second kappa shape index (κ2) is 11.4. The van der Waals surface area contributed by atoms with E-state index >= 15 is 0 Å². The number of nitrogens with two attached hydrogens (primary N) is 1. The fourth-order valence-corrected chi connectivity index (χ4v) is 2.07. The van der Waals surface area contributed by atoms with Crippen LogP contribution in [0.15, 0.2) is 0 Å². The van der Waals surface area contributed by atoms with Gasteiger partial charge in [-0.15, -0.1) is 0 Å². The number of hydrogen-bond donors (Lipinski definition) is 5. The number of amides is 2. The van der Waals surface area contributed by atoms with E-state index in [2.05, 4.69) is 10.6 Å². The van der Waals surface area contributed by atoms with Crippen molar-refractivity contribution in [2.45, 2.75) is 31.3 Å². The van der Waals surface area contributed by atoms with Crippen LogP contribution < -0.4 is 16.4 Å². The maximum Gasteiger partial charge on any atom is 0.303 e. The highest BCUT2D eigenvalue weighted by Gasteiger charge is 2.18. The van der Waals surface area contributed by atoms with Crippen molar-refractivity contribution in [3.05, 3.63) is 0 Å². The van der Waals surface area contributed by atoms with Gasteiger partial charge in [0.1, 0.15) is 6.04 Å². The van der Waals surface area contributed by atoms with E-state index in [9.17, 15) is 14.4 Å². The number of aliphatic carboxylic acids is 1. The van der Waals surface area contributed by atoms with E-state index in [0.717, 1.165) is 5.75 Å². The Bertz CT molecular complexity index is 354. The molecular formula is C12H23N3O5S. The Balaban J connectivity index is 4.33. The molecule has 0 fully saturated rings. The van der Waals surface area contributed by atoms with Crippen molar-refractivity contribution in [3.63, 3.8) is 0 Å². The van der Waals surface area contributed by atoms with Gasteiger partial charge >= 0.3 is 5.97 Å². The van der Waals surface area contributed by atoms with Crippen LogP contribution in [0.3, 0.4) is 0 Å². The topological polar surface area (TPSA) is 142 Å². The van der Waals surface area contributed by atoms with Gasteiger partial charge in [-0.05, 0) is 18.4 Å². The van der Waals surface area contributed by atoms with Crippen LogP contribution in [0.4, 0.5) is 0 Å². The zero-order chi connectivity index (χ0) is 16.3. The highest BCUT2D eigenvalue weighted by atomic mass is 32.2. The molecule has 2 amide bonds. The van der Waals surface area contributed by atoms with E-state index in [-0.39, 0.29) is 31.3 Å². The number of carbonyl (C=O) groups is 3. The molecule has 0 aliphatic rings. The summed E-state index contributed by atoms with van der Waals surface area (Å²) in [6, 6.07) is -1.12. The average molecular weight is 321 g/mol. The summed E-state index contributed by atoms with van der Waals surface area (Å²) in [4.78, 5) is 33.0. The third-order valence-corrected chi connectivity index (χ3v) is 3.38. The molecule has 9 heteroatoms. The van der Waals surface area contributed by atoms with Crippen LogP contribution in [0.5, 0.6) is 0 Å². The molecule has 21 heavy (non-hydrogen) atoms. The van der Waals surface area contributed by atoms with Crippen molar-refractivity contribution in [2.75, 3.05) is 25.2 Å². The van der Waals surface area contributed by atoms with E-state index in [1.165, 1.54) is 0 Å². The third-order valence-electron chi connectivity index (χ3n) is 2.74. The number of aliphatic hydroxyl groups is 1. The molecule has 0 bridgehead atoms. The summed E-state index contributed by atoms with van der Waals surface area (Å²) in [5, 5.41) is 23.0. The van der Waals surface area contributed by atoms with E-state index in [0.29, 0.717) is 6.42 Å². The molecule has 0 saturated carbocycles. The quantitative estimate of drug-likeness (QED) is 0.295. The molecule has 6 N–H and O–H groups in total. The van der Waals surface area contributed by atoms with Crippen LogP contribution in [0.2, 0.25) is 0 Å². The molecule has 0 saturated heterocycles. The van der Waals surface area contributed by atoms with Crippen LogP contribution in [-0.4, -0.2) is 65.2 Å². The molecule has 0 aromatic carbocycles. The Labute approximate surface area is 127 Å². The molecular weight excluding hydrogens is 298 g/mol. The fraction of sp³-hybridized carbons (Fsp3) is 0.750. The predicted octanol–water partition coefficient (Wildman–Crippen LogP) is -1.48. The lowest BCUT2D eigenvalue weighted by atomic mass is 10.2. The smallest absolute Gasteiger partial charge is 0.303 e. The highest BCUT2D eigenvalue weighted by Crippen LogP contribution is 2.02. The van der Waals surface area contributed by atoms with Gasteiger partial charge < -0.3 is 26.6 Å². The molecule has 0 radical (unpaired) electrons. The van der Waals surface area contributed by atoms with E-state index in [1.54, 1.807) is 11.8 Å². The van der Waals surface area contributed by atoms with Gasteiger partial charge in [0.15, 0.2) is 0 Å². The van der Waals surface area contributed by atoms with Gasteiger partial charge in [0.05, 0.1) is 13.0 Å². The first-order chi connectivity index (χ1) is 9.90. The lowest BCUT2D eigenvalue weighted by molar-refractivity contribution is -0.139. The van der Waals surface area contributed by atoms with Gasteiger partial charge in [0.2, 0.25) is 11.8 Å². The molecule has 0 aromatic rings. The minimum absolute atomic E-state index is 0.0929. The van der Waals surface area contributed by atoms with Gasteiger partial charge in [-0.3, -0.25) is 14.4 Å². The van der Waals surface area contributed by atoms with Crippen molar-refractivity contribution in [3.8, 4) is 0 Å². The van der Waals surface area contributed by atoms with Gasteiger partial charge in [-0.25, -0.2) is 0 Å². The Hall–Kier alpha value is -1.32. The monoisotopic (exact) mass is 321 g/mol. The predicted molar refractivity (Wildman–Crippen MR) is 79.9 cm³/mol. The minimum Gasteiger partial charge on any atom is -0.481 e. The molecule has 0 spiro atoms. The Morgan fingerprint density at radius 3 is 2.43 bits per heavy atom. The van der Waals surface area contributed by atoms with Crippen LogP contribution in [0.1, 0.15) is 19.3 Å². The summed E-state index contributed by atoms with van der Waals surface area (Å²) in [6.45, 7) is -0.148. The van der Waals surface area contributed by atoms with Crippen LogP contribution in [0.25, 0.3) is 0 Å². The SMILES string of the molecule is CSCC[C@@H](CN[C@@H](CO)C(N)=O)NC(=O)CCC(=O)O. The standard InChI is InChI=1S/C12H23N3O5S/c1-21-5-4-8(6-14-9(7-16)12(13)20)15-10(17)2-3-11(18)19/h8-9,14,16H,2-7H2,1H3,(H2,13,20)(H,15,17)(H,18,19)/t8-,9-/m0/s1. The molecule has 2 atom stereocenters. The molecule has 8 nitrogen and oxygen atoms in total. The molecule has 0 aliphatic carbocycles. The summed E-state index contributed by atoms with van der Waals surface area (Å²) < 4.78 is 0. The molecule has 0 heterocycles. The number of thioether (sulfide) groups is 1. The van der Waals surface area contributed by atoms with Crippen LogP contribution in [-0.2, 0) is 14.4 Å². The minimum atomic E-state index is -1.03. The summed E-state index contributed by atoms with van der Waals surface area (Å²) in [5.74, 6) is -1.26. The number of primary amides is 1. The number of nitrogens with one attached hydrogen (secondary N) is 2. The lowest BCUT2D eigenvalue weighted by Gasteiger charge is -2.21. The van der Waals surface area contributed by atoms with E-state index in [4.69, 9.17) is 15.9 Å². The number of carbonyl (C=O) groups excluding carboxylic acids is 2. The molecule has 122 valence electrons. The number of carboxylic acids is 1.